The van der Waals surface area contributed by atoms with Crippen molar-refractivity contribution >= 4 is 17.1 Å². The summed E-state index contributed by atoms with van der Waals surface area (Å²) >= 11 is 0. The lowest BCUT2D eigenvalue weighted by Gasteiger charge is -2.03. The van der Waals surface area contributed by atoms with Gasteiger partial charge in [0.2, 0.25) is 0 Å². The monoisotopic (exact) mass is 290 g/mol. The Balaban J connectivity index is 0.00000147. The predicted octanol–water partition coefficient (Wildman–Crippen LogP) is -0.533. The molecule has 0 bridgehead atoms. The largest absolute Gasteiger partial charge is 1.00 e. The van der Waals surface area contributed by atoms with Gasteiger partial charge in [0.15, 0.2) is 12.4 Å². The summed E-state index contributed by atoms with van der Waals surface area (Å²) in [5.41, 5.74) is 3.25. The molecule has 6 heteroatoms. The number of pyridine rings is 1. The van der Waals surface area contributed by atoms with E-state index in [0.717, 1.165) is 5.39 Å². The van der Waals surface area contributed by atoms with Gasteiger partial charge < -0.3 is 21.6 Å². The molecule has 0 saturated heterocycles. The van der Waals surface area contributed by atoms with E-state index in [2.05, 4.69) is 5.43 Å². The van der Waals surface area contributed by atoms with Crippen molar-refractivity contribution in [2.24, 2.45) is 0 Å². The van der Waals surface area contributed by atoms with Gasteiger partial charge in [0, 0.05) is 12.1 Å². The van der Waals surface area contributed by atoms with Crippen LogP contribution in [0.4, 0.5) is 4.79 Å². The zero-order chi connectivity index (χ0) is 13.1. The van der Waals surface area contributed by atoms with Gasteiger partial charge in [-0.1, -0.05) is 22.2 Å². The standard InChI is InChI=1S/C14H10N2O3.ClH/c17-14(15-16-8-2-1-3-9-16)19-13-6-4-5-12-11(13)7-10-18-12;/h1-10H;1H. The van der Waals surface area contributed by atoms with Crippen LogP contribution in [0.15, 0.2) is 65.5 Å². The second-order valence-corrected chi connectivity index (χ2v) is 3.87. The summed E-state index contributed by atoms with van der Waals surface area (Å²) in [5.74, 6) is 0.459. The first-order chi connectivity index (χ1) is 9.33. The summed E-state index contributed by atoms with van der Waals surface area (Å²) in [6.45, 7) is 0. The molecule has 1 amide bonds. The maximum atomic E-state index is 11.8. The number of hydrogen-bond donors (Lipinski definition) is 1. The first-order valence-corrected chi connectivity index (χ1v) is 5.74. The Morgan fingerprint density at radius 3 is 2.70 bits per heavy atom. The van der Waals surface area contributed by atoms with Gasteiger partial charge in [0.1, 0.15) is 11.3 Å². The highest BCUT2D eigenvalue weighted by atomic mass is 35.5. The lowest BCUT2D eigenvalue weighted by Crippen LogP contribution is -3.00. The molecule has 3 aromatic rings. The smallest absolute Gasteiger partial charge is 0.466 e. The molecule has 0 radical (unpaired) electrons. The first-order valence-electron chi connectivity index (χ1n) is 5.74. The van der Waals surface area contributed by atoms with Crippen LogP contribution in [-0.2, 0) is 0 Å². The van der Waals surface area contributed by atoms with Gasteiger partial charge in [-0.3, -0.25) is 0 Å². The Hall–Kier alpha value is -2.53. The van der Waals surface area contributed by atoms with Crippen molar-refractivity contribution in [2.75, 3.05) is 5.43 Å². The third-order valence-electron chi connectivity index (χ3n) is 2.59. The van der Waals surface area contributed by atoms with Crippen LogP contribution < -0.4 is 27.2 Å². The van der Waals surface area contributed by atoms with E-state index in [0.29, 0.717) is 11.3 Å². The molecular weight excluding hydrogens is 280 g/mol. The Bertz CT molecular complexity index is 713. The van der Waals surface area contributed by atoms with Crippen molar-refractivity contribution in [3.05, 3.63) is 61.1 Å². The molecule has 0 spiro atoms. The average Bonchev–Trinajstić information content (AvgIpc) is 2.89. The molecule has 2 heterocycles. The highest BCUT2D eigenvalue weighted by molar-refractivity contribution is 5.87. The van der Waals surface area contributed by atoms with Gasteiger partial charge in [0.25, 0.3) is 0 Å². The lowest BCUT2D eigenvalue weighted by atomic mass is 10.2. The number of carbonyl (C=O) groups excluding carboxylic acids is 1. The zero-order valence-corrected chi connectivity index (χ0v) is 11.1. The molecule has 20 heavy (non-hydrogen) atoms. The molecule has 3 rings (SSSR count). The van der Waals surface area contributed by atoms with Crippen molar-refractivity contribution in [2.45, 2.75) is 0 Å². The lowest BCUT2D eigenvalue weighted by molar-refractivity contribution is -0.642. The van der Waals surface area contributed by atoms with Crippen molar-refractivity contribution in [3.63, 3.8) is 0 Å². The van der Waals surface area contributed by atoms with Crippen LogP contribution in [0.1, 0.15) is 0 Å². The van der Waals surface area contributed by atoms with Crippen LogP contribution in [-0.4, -0.2) is 6.09 Å². The van der Waals surface area contributed by atoms with Gasteiger partial charge in [0.05, 0.1) is 11.6 Å². The van der Waals surface area contributed by atoms with Crippen LogP contribution in [0, 0.1) is 0 Å². The number of ether oxygens (including phenoxy) is 1. The SMILES string of the molecule is O=C(N[n+]1ccccc1)Oc1cccc2occc12.[Cl-]. The van der Waals surface area contributed by atoms with Gasteiger partial charge >= 0.3 is 6.09 Å². The number of carbonyl (C=O) groups is 1. The number of fused-ring (bicyclic) bond motifs is 1. The average molecular weight is 291 g/mol. The second kappa shape index (κ2) is 6.08. The summed E-state index contributed by atoms with van der Waals surface area (Å²) in [6.07, 6.45) is 4.41. The number of rotatable bonds is 2. The Morgan fingerprint density at radius 2 is 1.90 bits per heavy atom. The fourth-order valence-electron chi connectivity index (χ4n) is 1.76. The minimum absolute atomic E-state index is 0. The minimum Gasteiger partial charge on any atom is -1.00 e. The molecule has 0 aliphatic heterocycles. The molecule has 5 nitrogen and oxygen atoms in total. The third kappa shape index (κ3) is 2.89. The van der Waals surface area contributed by atoms with Gasteiger partial charge in [-0.2, -0.15) is 0 Å². The number of furan rings is 1. The number of amides is 1. The predicted molar refractivity (Wildman–Crippen MR) is 68.2 cm³/mol. The number of hydrogen-bond acceptors (Lipinski definition) is 3. The number of nitrogens with zero attached hydrogens (tertiary/aromatic N) is 1. The van der Waals surface area contributed by atoms with E-state index in [1.807, 2.05) is 12.1 Å². The summed E-state index contributed by atoms with van der Waals surface area (Å²) in [6, 6.07) is 12.5. The van der Waals surface area contributed by atoms with Crippen LogP contribution in [0.5, 0.6) is 5.75 Å². The van der Waals surface area contributed by atoms with E-state index in [4.69, 9.17) is 9.15 Å². The number of nitrogens with one attached hydrogen (secondary N) is 1. The molecule has 102 valence electrons. The second-order valence-electron chi connectivity index (χ2n) is 3.87. The maximum absolute atomic E-state index is 11.8. The number of halogens is 1. The Morgan fingerprint density at radius 1 is 1.10 bits per heavy atom. The molecular formula is C14H11ClN2O3. The first kappa shape index (κ1) is 13.9. The van der Waals surface area contributed by atoms with Crippen molar-refractivity contribution in [3.8, 4) is 5.75 Å². The minimum atomic E-state index is -0.565. The molecule has 1 aromatic carbocycles. The maximum Gasteiger partial charge on any atom is 0.466 e. The zero-order valence-electron chi connectivity index (χ0n) is 10.3. The fourth-order valence-corrected chi connectivity index (χ4v) is 1.76. The van der Waals surface area contributed by atoms with Crippen LogP contribution in [0.2, 0.25) is 0 Å². The van der Waals surface area contributed by atoms with Gasteiger partial charge in [-0.25, -0.2) is 4.79 Å². The third-order valence-corrected chi connectivity index (χ3v) is 2.59. The topological polar surface area (TPSA) is 55.4 Å². The normalized spacial score (nSPS) is 9.80. The summed E-state index contributed by atoms with van der Waals surface area (Å²) in [7, 11) is 0. The van der Waals surface area contributed by atoms with Crippen LogP contribution in [0.25, 0.3) is 11.0 Å². The van der Waals surface area contributed by atoms with E-state index in [9.17, 15) is 4.79 Å². The highest BCUT2D eigenvalue weighted by Crippen LogP contribution is 2.26. The van der Waals surface area contributed by atoms with E-state index in [1.54, 1.807) is 49.0 Å². The van der Waals surface area contributed by atoms with E-state index < -0.39 is 6.09 Å². The molecule has 0 unspecified atom stereocenters. The van der Waals surface area contributed by atoms with Crippen molar-refractivity contribution in [1.29, 1.82) is 0 Å². The molecule has 0 fully saturated rings. The molecule has 0 atom stereocenters. The summed E-state index contributed by atoms with van der Waals surface area (Å²) in [5, 5.41) is 0.760. The number of aromatic nitrogens is 1. The van der Waals surface area contributed by atoms with E-state index >= 15 is 0 Å². The summed E-state index contributed by atoms with van der Waals surface area (Å²) in [4.78, 5) is 11.8. The van der Waals surface area contributed by atoms with E-state index in [1.165, 1.54) is 4.68 Å². The van der Waals surface area contributed by atoms with Crippen LogP contribution >= 0.6 is 0 Å². The van der Waals surface area contributed by atoms with E-state index in [-0.39, 0.29) is 12.4 Å². The quantitative estimate of drug-likeness (QED) is 0.646. The summed E-state index contributed by atoms with van der Waals surface area (Å²) < 4.78 is 12.0. The number of benzene rings is 1. The van der Waals surface area contributed by atoms with Gasteiger partial charge in [-0.15, -0.1) is 0 Å². The molecule has 1 N–H and O–H groups in total. The van der Waals surface area contributed by atoms with Gasteiger partial charge in [-0.05, 0) is 18.2 Å². The van der Waals surface area contributed by atoms with Crippen molar-refractivity contribution in [1.82, 2.24) is 0 Å². The molecule has 2 aromatic heterocycles. The Labute approximate surface area is 121 Å². The highest BCUT2D eigenvalue weighted by Gasteiger charge is 2.12. The molecule has 0 saturated carbocycles. The Kier molecular flexibility index (Phi) is 4.22. The van der Waals surface area contributed by atoms with Crippen molar-refractivity contribution < 1.29 is 31.0 Å². The van der Waals surface area contributed by atoms with Crippen LogP contribution in [0.3, 0.4) is 0 Å². The fraction of sp³-hybridized carbons (Fsp3) is 0. The molecule has 0 aliphatic rings. The molecule has 0 aliphatic carbocycles.